The quantitative estimate of drug-likeness (QED) is 0.0487. The van der Waals surface area contributed by atoms with Crippen LogP contribution in [0.1, 0.15) is 207 Å². The third-order valence-corrected chi connectivity index (χ3v) is 12.2. The molecule has 5 N–H and O–H groups in total. The number of hydrogen-bond acceptors (Lipinski definition) is 9. The van der Waals surface area contributed by atoms with Gasteiger partial charge in [-0.2, -0.15) is 0 Å². The summed E-state index contributed by atoms with van der Waals surface area (Å²) in [6.45, 7) is 7.77. The highest BCUT2D eigenvalue weighted by Crippen LogP contribution is 2.31. The molecule has 0 bridgehead atoms. The number of aliphatic hydroxyl groups excluding tert-OH is 3. The van der Waals surface area contributed by atoms with Crippen LogP contribution in [0.15, 0.2) is 30.3 Å². The highest BCUT2D eigenvalue weighted by Gasteiger charge is 2.53. The molecule has 1 aromatic rings. The van der Waals surface area contributed by atoms with Crippen molar-refractivity contribution in [3.8, 4) is 0 Å². The van der Waals surface area contributed by atoms with E-state index in [0.29, 0.717) is 18.4 Å². The topological polar surface area (TPSA) is 163 Å². The van der Waals surface area contributed by atoms with Crippen LogP contribution in [0.25, 0.3) is 0 Å². The Labute approximate surface area is 370 Å². The number of benzene rings is 1. The normalized spacial score (nSPS) is 19.5. The molecule has 0 spiro atoms. The first-order valence-corrected chi connectivity index (χ1v) is 24.8. The summed E-state index contributed by atoms with van der Waals surface area (Å²) in [4.78, 5) is 45.0. The Kier molecular flexibility index (Phi) is 30.3. The molecule has 2 rings (SSSR count). The van der Waals surface area contributed by atoms with Gasteiger partial charge < -0.3 is 35.4 Å². The zero-order chi connectivity index (χ0) is 44.7. The first-order valence-electron chi connectivity index (χ1n) is 24.8. The van der Waals surface area contributed by atoms with Crippen LogP contribution in [-0.4, -0.2) is 92.8 Å². The second-order valence-electron chi connectivity index (χ2n) is 18.2. The number of ether oxygens (including phenoxy) is 2. The van der Waals surface area contributed by atoms with E-state index in [1.165, 1.54) is 114 Å². The van der Waals surface area contributed by atoms with E-state index in [-0.39, 0.29) is 37.8 Å². The van der Waals surface area contributed by atoms with Crippen LogP contribution in [0.3, 0.4) is 0 Å². The fraction of sp³-hybridized carbons (Fsp3) is 0.820. The molecule has 0 radical (unpaired) electrons. The van der Waals surface area contributed by atoms with Gasteiger partial charge in [-0.05, 0) is 30.7 Å². The van der Waals surface area contributed by atoms with Crippen molar-refractivity contribution in [2.45, 2.75) is 244 Å². The van der Waals surface area contributed by atoms with Gasteiger partial charge in [-0.1, -0.05) is 206 Å². The van der Waals surface area contributed by atoms with Crippen molar-refractivity contribution < 1.29 is 39.2 Å². The third-order valence-electron chi connectivity index (χ3n) is 12.2. The monoisotopic (exact) mass is 860 g/mol. The minimum atomic E-state index is -1.76. The van der Waals surface area contributed by atoms with Crippen LogP contribution in [0.4, 0.5) is 4.79 Å². The van der Waals surface area contributed by atoms with Crippen LogP contribution in [-0.2, 0) is 25.7 Å². The summed E-state index contributed by atoms with van der Waals surface area (Å²) in [6.07, 6.45) is 22.5. The van der Waals surface area contributed by atoms with Gasteiger partial charge in [0.15, 0.2) is 6.23 Å². The lowest BCUT2D eigenvalue weighted by atomic mass is 9.92. The Morgan fingerprint density at radius 2 is 1.15 bits per heavy atom. The summed E-state index contributed by atoms with van der Waals surface area (Å²) >= 11 is 0. The number of unbranched alkanes of at least 4 members (excludes halogenated alkanes) is 23. The Balaban J connectivity index is 2.24. The van der Waals surface area contributed by atoms with Crippen molar-refractivity contribution in [2.24, 2.45) is 11.7 Å². The molecule has 352 valence electrons. The minimum absolute atomic E-state index is 0.0121. The van der Waals surface area contributed by atoms with Crippen LogP contribution >= 0.6 is 0 Å². The number of rotatable bonds is 35. The summed E-state index contributed by atoms with van der Waals surface area (Å²) in [5.41, 5.74) is 7.12. The summed E-state index contributed by atoms with van der Waals surface area (Å²) in [7, 11) is 0. The predicted molar refractivity (Wildman–Crippen MR) is 246 cm³/mol. The van der Waals surface area contributed by atoms with Gasteiger partial charge in [0.1, 0.15) is 31.0 Å². The number of aliphatic hydroxyl groups is 3. The Bertz CT molecular complexity index is 1270. The van der Waals surface area contributed by atoms with Gasteiger partial charge in [0.2, 0.25) is 11.8 Å². The van der Waals surface area contributed by atoms with Gasteiger partial charge >= 0.3 is 6.09 Å². The molecule has 1 aromatic carbocycles. The maximum Gasteiger partial charge on any atom is 0.417 e. The third kappa shape index (κ3) is 22.1. The number of carbonyl (C=O) groups excluding carboxylic acids is 3. The van der Waals surface area contributed by atoms with E-state index in [2.05, 4.69) is 13.8 Å². The standard InChI is InChI=1S/C50H89N3O8/c1-5-7-9-11-13-15-17-19-20-22-24-26-31-35-44(55)52(36-32-27-25-23-21-18-16-14-12-10-8-6-2)49-45(47(57)46(56)43(38-54)61-49)53(48(58)42(51)37-40(3)4)50(59)60-39-41-33-29-28-30-34-41/h28-30,33-34,40,42-43,45-47,49,54,56-57H,5-27,31-32,35-39,51H2,1-4H3/t42-,43+,45+,46+,47+,49+/m0/s1. The van der Waals surface area contributed by atoms with Crippen LogP contribution in [0, 0.1) is 5.92 Å². The molecule has 1 heterocycles. The van der Waals surface area contributed by atoms with Gasteiger partial charge in [-0.15, -0.1) is 0 Å². The second-order valence-corrected chi connectivity index (χ2v) is 18.2. The van der Waals surface area contributed by atoms with E-state index in [0.717, 1.165) is 43.4 Å². The lowest BCUT2D eigenvalue weighted by Gasteiger charge is -2.49. The zero-order valence-corrected chi connectivity index (χ0v) is 39.0. The van der Waals surface area contributed by atoms with Gasteiger partial charge in [0.05, 0.1) is 12.6 Å². The van der Waals surface area contributed by atoms with Crippen molar-refractivity contribution in [1.82, 2.24) is 9.80 Å². The van der Waals surface area contributed by atoms with Crippen molar-refractivity contribution >= 4 is 17.9 Å². The summed E-state index contributed by atoms with van der Waals surface area (Å²) in [5, 5.41) is 33.3. The van der Waals surface area contributed by atoms with Crippen LogP contribution in [0.5, 0.6) is 0 Å². The molecule has 1 saturated heterocycles. The SMILES string of the molecule is CCCCCCCCCCCCCCCC(=O)N(CCCCCCCCCCCCCC)[C@@H]1O[C@H](CO)[C@@H](O)[C@H](O)[C@H]1N(C(=O)OCc1ccccc1)C(=O)[C@@H](N)CC(C)C. The number of imide groups is 1. The van der Waals surface area contributed by atoms with E-state index < -0.39 is 55.2 Å². The zero-order valence-electron chi connectivity index (χ0n) is 39.0. The molecule has 0 aromatic heterocycles. The van der Waals surface area contributed by atoms with E-state index in [1.807, 2.05) is 19.9 Å². The number of amides is 3. The first-order chi connectivity index (χ1) is 29.6. The van der Waals surface area contributed by atoms with Crippen LogP contribution in [0.2, 0.25) is 0 Å². The van der Waals surface area contributed by atoms with Crippen LogP contribution < -0.4 is 5.73 Å². The molecule has 3 amide bonds. The number of nitrogens with zero attached hydrogens (tertiary/aromatic N) is 2. The van der Waals surface area contributed by atoms with E-state index >= 15 is 0 Å². The van der Waals surface area contributed by atoms with E-state index in [9.17, 15) is 29.7 Å². The molecule has 1 aliphatic rings. The number of nitrogens with two attached hydrogens (primary N) is 1. The van der Waals surface area contributed by atoms with Crippen molar-refractivity contribution in [3.63, 3.8) is 0 Å². The van der Waals surface area contributed by atoms with Gasteiger partial charge in [0.25, 0.3) is 0 Å². The van der Waals surface area contributed by atoms with Gasteiger partial charge in [-0.25, -0.2) is 9.69 Å². The molecule has 0 saturated carbocycles. The maximum absolute atomic E-state index is 14.4. The molecular formula is C50H89N3O8. The first kappa shape index (κ1) is 54.6. The lowest BCUT2D eigenvalue weighted by Crippen LogP contribution is -2.71. The molecule has 0 unspecified atom stereocenters. The van der Waals surface area contributed by atoms with Crippen molar-refractivity contribution in [1.29, 1.82) is 0 Å². The summed E-state index contributed by atoms with van der Waals surface area (Å²) < 4.78 is 12.0. The molecule has 11 heteroatoms. The van der Waals surface area contributed by atoms with Crippen molar-refractivity contribution in [2.75, 3.05) is 13.2 Å². The highest BCUT2D eigenvalue weighted by atomic mass is 16.6. The average Bonchev–Trinajstić information content (AvgIpc) is 3.25. The number of carbonyl (C=O) groups is 3. The molecule has 6 atom stereocenters. The maximum atomic E-state index is 14.4. The molecule has 61 heavy (non-hydrogen) atoms. The average molecular weight is 860 g/mol. The molecular weight excluding hydrogens is 771 g/mol. The fourth-order valence-electron chi connectivity index (χ4n) is 8.51. The van der Waals surface area contributed by atoms with Gasteiger partial charge in [0, 0.05) is 13.0 Å². The Hall–Kier alpha value is -2.57. The smallest absolute Gasteiger partial charge is 0.417 e. The van der Waals surface area contributed by atoms with Crippen molar-refractivity contribution in [3.05, 3.63) is 35.9 Å². The summed E-state index contributed by atoms with van der Waals surface area (Å²) in [5.74, 6) is -1.01. The minimum Gasteiger partial charge on any atom is -0.444 e. The molecule has 11 nitrogen and oxygen atoms in total. The lowest BCUT2D eigenvalue weighted by molar-refractivity contribution is -0.245. The fourth-order valence-corrected chi connectivity index (χ4v) is 8.51. The largest absolute Gasteiger partial charge is 0.444 e. The van der Waals surface area contributed by atoms with Gasteiger partial charge in [-0.3, -0.25) is 9.59 Å². The molecule has 0 aliphatic carbocycles. The highest BCUT2D eigenvalue weighted by molar-refractivity contribution is 5.95. The number of hydrogen-bond donors (Lipinski definition) is 4. The predicted octanol–water partition coefficient (Wildman–Crippen LogP) is 10.3. The van der Waals surface area contributed by atoms with E-state index in [1.54, 1.807) is 24.3 Å². The summed E-state index contributed by atoms with van der Waals surface area (Å²) in [6, 6.07) is 6.35. The second kappa shape index (κ2) is 33.9. The Morgan fingerprint density at radius 1 is 0.689 bits per heavy atom. The van der Waals surface area contributed by atoms with E-state index in [4.69, 9.17) is 15.2 Å². The Morgan fingerprint density at radius 3 is 1.61 bits per heavy atom. The molecule has 1 fully saturated rings. The molecule has 1 aliphatic heterocycles.